The average Bonchev–Trinajstić information content (AvgIpc) is 3.33. The number of nitrogens with zero attached hydrogens (tertiary/aromatic N) is 2. The van der Waals surface area contributed by atoms with E-state index in [-0.39, 0.29) is 23.7 Å². The molecule has 1 aliphatic carbocycles. The number of hydrogen-bond donors (Lipinski definition) is 0. The molecule has 1 fully saturated rings. The van der Waals surface area contributed by atoms with E-state index in [4.69, 9.17) is 0 Å². The Hall–Kier alpha value is -2.96. The van der Waals surface area contributed by atoms with Crippen LogP contribution in [0.5, 0.6) is 0 Å². The summed E-state index contributed by atoms with van der Waals surface area (Å²) in [5.74, 6) is -0.449. The third-order valence-electron chi connectivity index (χ3n) is 8.07. The van der Waals surface area contributed by atoms with Crippen LogP contribution in [0, 0.1) is 18.7 Å². The van der Waals surface area contributed by atoms with Crippen molar-refractivity contribution in [2.24, 2.45) is 5.92 Å². The van der Waals surface area contributed by atoms with E-state index in [1.54, 1.807) is 22.5 Å². The second kappa shape index (κ2) is 7.52. The number of benzene rings is 3. The van der Waals surface area contributed by atoms with Gasteiger partial charge in [-0.05, 0) is 48.4 Å². The molecule has 3 aliphatic rings. The molecular formula is C28H27FN2O2S. The van der Waals surface area contributed by atoms with Gasteiger partial charge >= 0.3 is 0 Å². The van der Waals surface area contributed by atoms with Gasteiger partial charge in [0.15, 0.2) is 0 Å². The van der Waals surface area contributed by atoms with Gasteiger partial charge in [0.1, 0.15) is 5.82 Å². The van der Waals surface area contributed by atoms with Crippen molar-refractivity contribution in [3.63, 3.8) is 0 Å². The van der Waals surface area contributed by atoms with Gasteiger partial charge in [0.2, 0.25) is 10.0 Å². The van der Waals surface area contributed by atoms with Crippen LogP contribution in [0.4, 0.5) is 10.1 Å². The summed E-state index contributed by atoms with van der Waals surface area (Å²) in [6.45, 7) is 2.66. The Morgan fingerprint density at radius 2 is 1.68 bits per heavy atom. The van der Waals surface area contributed by atoms with Crippen LogP contribution < -0.4 is 4.90 Å². The monoisotopic (exact) mass is 474 g/mol. The largest absolute Gasteiger partial charge is 0.367 e. The molecule has 6 heteroatoms. The molecule has 2 heterocycles. The van der Waals surface area contributed by atoms with E-state index in [9.17, 15) is 12.8 Å². The number of rotatable bonds is 3. The summed E-state index contributed by atoms with van der Waals surface area (Å²) in [6.07, 6.45) is 4.35. The molecule has 2 aliphatic heterocycles. The molecule has 34 heavy (non-hydrogen) atoms. The third-order valence-corrected chi connectivity index (χ3v) is 9.92. The lowest BCUT2D eigenvalue weighted by atomic mass is 9.59. The van der Waals surface area contributed by atoms with Crippen molar-refractivity contribution >= 4 is 15.7 Å². The smallest absolute Gasteiger partial charge is 0.243 e. The number of aryl methyl sites for hydroxylation is 1. The van der Waals surface area contributed by atoms with E-state index in [1.165, 1.54) is 6.07 Å². The van der Waals surface area contributed by atoms with E-state index in [0.717, 1.165) is 22.4 Å². The molecule has 4 atom stereocenters. The molecule has 0 amide bonds. The van der Waals surface area contributed by atoms with Crippen molar-refractivity contribution in [2.75, 3.05) is 25.0 Å². The first-order valence-corrected chi connectivity index (χ1v) is 13.1. The van der Waals surface area contributed by atoms with E-state index in [1.807, 2.05) is 43.3 Å². The van der Waals surface area contributed by atoms with Gasteiger partial charge in [-0.15, -0.1) is 0 Å². The summed E-state index contributed by atoms with van der Waals surface area (Å²) >= 11 is 0. The fraction of sp³-hybridized carbons (Fsp3) is 0.286. The molecule has 4 nitrogen and oxygen atoms in total. The van der Waals surface area contributed by atoms with Crippen LogP contribution in [0.25, 0.3) is 0 Å². The highest BCUT2D eigenvalue weighted by Gasteiger charge is 2.63. The van der Waals surface area contributed by atoms with Crippen LogP contribution in [-0.4, -0.2) is 38.9 Å². The molecule has 0 saturated carbocycles. The first-order valence-electron chi connectivity index (χ1n) is 11.7. The van der Waals surface area contributed by atoms with Gasteiger partial charge in [-0.25, -0.2) is 12.8 Å². The highest BCUT2D eigenvalue weighted by Crippen LogP contribution is 2.62. The summed E-state index contributed by atoms with van der Waals surface area (Å²) in [5, 5.41) is 0. The van der Waals surface area contributed by atoms with Gasteiger partial charge < -0.3 is 4.90 Å². The Balaban J connectivity index is 1.52. The highest BCUT2D eigenvalue weighted by molar-refractivity contribution is 7.89. The van der Waals surface area contributed by atoms with Crippen molar-refractivity contribution in [1.82, 2.24) is 4.31 Å². The van der Waals surface area contributed by atoms with Crippen LogP contribution in [0.2, 0.25) is 0 Å². The minimum Gasteiger partial charge on any atom is -0.367 e. The molecule has 1 saturated heterocycles. The zero-order valence-electron chi connectivity index (χ0n) is 19.2. The van der Waals surface area contributed by atoms with Gasteiger partial charge in [-0.3, -0.25) is 0 Å². The lowest BCUT2D eigenvalue weighted by Crippen LogP contribution is -2.58. The minimum absolute atomic E-state index is 0.0451. The van der Waals surface area contributed by atoms with Gasteiger partial charge in [0.05, 0.1) is 10.9 Å². The third kappa shape index (κ3) is 2.88. The molecule has 3 aromatic rings. The van der Waals surface area contributed by atoms with Crippen molar-refractivity contribution in [3.05, 3.63) is 107 Å². The summed E-state index contributed by atoms with van der Waals surface area (Å²) in [7, 11) is -1.62. The Morgan fingerprint density at radius 1 is 0.941 bits per heavy atom. The van der Waals surface area contributed by atoms with Gasteiger partial charge in [0.25, 0.3) is 0 Å². The molecule has 6 rings (SSSR count). The first kappa shape index (κ1) is 21.6. The number of sulfonamides is 1. The molecule has 3 aromatic carbocycles. The fourth-order valence-electron chi connectivity index (χ4n) is 6.53. The van der Waals surface area contributed by atoms with E-state index in [0.29, 0.717) is 18.0 Å². The highest BCUT2D eigenvalue weighted by atomic mass is 32.2. The molecule has 0 unspecified atom stereocenters. The standard InChI is InChI=1S/C28H27FN2O2S/c1-19-8-12-23(13-9-19)34(32,33)31-17-21-10-15-27-28(21,25(18-31)20-6-4-3-5-7-20)24-16-22(29)11-14-26(24)30(27)2/h3-16,21,25,27H,17-18H2,1-2H3/t21-,25-,27+,28+/m0/s1. The first-order chi connectivity index (χ1) is 16.3. The van der Waals surface area contributed by atoms with Crippen LogP contribution in [0.15, 0.2) is 89.8 Å². The second-order valence-electron chi connectivity index (χ2n) is 9.74. The normalized spacial score (nSPS) is 28.0. The lowest BCUT2D eigenvalue weighted by Gasteiger charge is -2.50. The number of halogens is 1. The van der Waals surface area contributed by atoms with E-state index < -0.39 is 15.4 Å². The number of likely N-dealkylation sites (N-methyl/N-ethyl adjacent to an activating group) is 1. The quantitative estimate of drug-likeness (QED) is 0.509. The Morgan fingerprint density at radius 3 is 2.41 bits per heavy atom. The van der Waals surface area contributed by atoms with Crippen LogP contribution in [0.3, 0.4) is 0 Å². The van der Waals surface area contributed by atoms with E-state index in [2.05, 4.69) is 36.2 Å². The van der Waals surface area contributed by atoms with Crippen molar-refractivity contribution in [1.29, 1.82) is 0 Å². The molecule has 0 radical (unpaired) electrons. The maximum atomic E-state index is 14.6. The topological polar surface area (TPSA) is 40.6 Å². The van der Waals surface area contributed by atoms with Gasteiger partial charge in [-0.1, -0.05) is 60.2 Å². The summed E-state index contributed by atoms with van der Waals surface area (Å²) in [6, 6.07) is 22.3. The summed E-state index contributed by atoms with van der Waals surface area (Å²) in [5.41, 5.74) is 3.68. The van der Waals surface area contributed by atoms with Crippen molar-refractivity contribution in [3.8, 4) is 0 Å². The molecule has 174 valence electrons. The Labute approximate surface area is 200 Å². The predicted molar refractivity (Wildman–Crippen MR) is 132 cm³/mol. The number of piperidine rings is 1. The Bertz CT molecular complexity index is 1390. The van der Waals surface area contributed by atoms with Crippen molar-refractivity contribution < 1.29 is 12.8 Å². The second-order valence-corrected chi connectivity index (χ2v) is 11.7. The molecule has 0 N–H and O–H groups in total. The molecule has 0 bridgehead atoms. The van der Waals surface area contributed by atoms with Crippen LogP contribution in [-0.2, 0) is 15.4 Å². The zero-order valence-corrected chi connectivity index (χ0v) is 20.0. The summed E-state index contributed by atoms with van der Waals surface area (Å²) in [4.78, 5) is 2.54. The zero-order chi connectivity index (χ0) is 23.7. The lowest BCUT2D eigenvalue weighted by molar-refractivity contribution is 0.152. The van der Waals surface area contributed by atoms with Crippen molar-refractivity contribution in [2.45, 2.75) is 29.2 Å². The predicted octanol–water partition coefficient (Wildman–Crippen LogP) is 4.86. The summed E-state index contributed by atoms with van der Waals surface area (Å²) < 4.78 is 43.7. The van der Waals surface area contributed by atoms with E-state index >= 15 is 0 Å². The van der Waals surface area contributed by atoms with Crippen LogP contribution in [0.1, 0.15) is 22.6 Å². The SMILES string of the molecule is Cc1ccc(S(=O)(=O)N2C[C@@H]3C=C[C@H]4N(C)c5ccc(F)cc5[C@@]34[C@H](c3ccccc3)C2)cc1. The Kier molecular flexibility index (Phi) is 4.77. The fourth-order valence-corrected chi connectivity index (χ4v) is 8.01. The number of hydrogen-bond acceptors (Lipinski definition) is 3. The number of fused-ring (bicyclic) bond motifs is 1. The van der Waals surface area contributed by atoms with Gasteiger partial charge in [-0.2, -0.15) is 4.31 Å². The van der Waals surface area contributed by atoms with Gasteiger partial charge in [0, 0.05) is 43.1 Å². The number of anilines is 1. The molecule has 0 aromatic heterocycles. The molecular weight excluding hydrogens is 447 g/mol. The maximum Gasteiger partial charge on any atom is 0.243 e. The molecule has 1 spiro atoms. The maximum absolute atomic E-state index is 14.6. The minimum atomic E-state index is -3.68. The average molecular weight is 475 g/mol. The van der Waals surface area contributed by atoms with Crippen LogP contribution >= 0.6 is 0 Å².